The SMILES string of the molecule is Cc1cc(C(F)(F)F)nn1CCCNC(=O)c1cc2nc(C3CC3)cc(C(F)F)n2n1. The average Bonchev–Trinajstić information content (AvgIpc) is 3.34. The van der Waals surface area contributed by atoms with Crippen molar-refractivity contribution in [3.8, 4) is 0 Å². The molecule has 12 heteroatoms. The van der Waals surface area contributed by atoms with Crippen molar-refractivity contribution >= 4 is 11.6 Å². The Kier molecular flexibility index (Phi) is 5.40. The van der Waals surface area contributed by atoms with Gasteiger partial charge >= 0.3 is 6.18 Å². The molecule has 1 saturated carbocycles. The number of amides is 1. The van der Waals surface area contributed by atoms with Gasteiger partial charge in [0.05, 0.1) is 0 Å². The number of hydrogen-bond donors (Lipinski definition) is 1. The molecular weight excluding hydrogens is 423 g/mol. The van der Waals surface area contributed by atoms with Crippen LogP contribution in [0.4, 0.5) is 22.0 Å². The summed E-state index contributed by atoms with van der Waals surface area (Å²) in [6.45, 7) is 1.84. The van der Waals surface area contributed by atoms with E-state index in [0.717, 1.165) is 23.4 Å². The highest BCUT2D eigenvalue weighted by Crippen LogP contribution is 2.40. The van der Waals surface area contributed by atoms with Gasteiger partial charge in [0.2, 0.25) is 0 Å². The molecule has 7 nitrogen and oxygen atoms in total. The van der Waals surface area contributed by atoms with Gasteiger partial charge in [-0.15, -0.1) is 0 Å². The lowest BCUT2D eigenvalue weighted by molar-refractivity contribution is -0.141. The number of aromatic nitrogens is 5. The third kappa shape index (κ3) is 4.52. The van der Waals surface area contributed by atoms with E-state index >= 15 is 0 Å². The molecular formula is C19H19F5N6O. The van der Waals surface area contributed by atoms with Gasteiger partial charge in [0.15, 0.2) is 17.0 Å². The first kappa shape index (κ1) is 21.2. The van der Waals surface area contributed by atoms with E-state index in [-0.39, 0.29) is 36.0 Å². The number of carbonyl (C=O) groups is 1. The molecule has 1 aliphatic carbocycles. The monoisotopic (exact) mass is 442 g/mol. The van der Waals surface area contributed by atoms with Gasteiger partial charge in [-0.2, -0.15) is 23.4 Å². The summed E-state index contributed by atoms with van der Waals surface area (Å²) in [6.07, 6.45) is -5.16. The zero-order valence-electron chi connectivity index (χ0n) is 16.5. The molecule has 0 radical (unpaired) electrons. The van der Waals surface area contributed by atoms with Crippen LogP contribution in [0.5, 0.6) is 0 Å². The Balaban J connectivity index is 1.40. The predicted molar refractivity (Wildman–Crippen MR) is 98.8 cm³/mol. The summed E-state index contributed by atoms with van der Waals surface area (Å²) in [6, 6.07) is 3.63. The van der Waals surface area contributed by atoms with E-state index in [4.69, 9.17) is 0 Å². The summed E-state index contributed by atoms with van der Waals surface area (Å²) in [5.74, 6) is -0.412. The fourth-order valence-electron chi connectivity index (χ4n) is 3.27. The lowest BCUT2D eigenvalue weighted by Crippen LogP contribution is -2.26. The second-order valence-electron chi connectivity index (χ2n) is 7.48. The van der Waals surface area contributed by atoms with Gasteiger partial charge in [-0.25, -0.2) is 18.3 Å². The summed E-state index contributed by atoms with van der Waals surface area (Å²) < 4.78 is 67.2. The zero-order valence-corrected chi connectivity index (χ0v) is 16.5. The number of hydrogen-bond acceptors (Lipinski definition) is 4. The summed E-state index contributed by atoms with van der Waals surface area (Å²) in [4.78, 5) is 16.7. The van der Waals surface area contributed by atoms with Crippen LogP contribution in [0.15, 0.2) is 18.2 Å². The standard InChI is InChI=1S/C19H19F5N6O/c1-10-7-15(19(22,23)24)28-29(10)6-2-5-25-18(31)13-9-16-26-12(11-3-4-11)8-14(17(20)21)30(16)27-13/h7-9,11,17H,2-6H2,1H3,(H,25,31). The van der Waals surface area contributed by atoms with Gasteiger partial charge in [0.1, 0.15) is 5.69 Å². The minimum absolute atomic E-state index is 0.0584. The maximum absolute atomic E-state index is 13.4. The Hall–Kier alpha value is -3.05. The molecule has 1 amide bonds. The van der Waals surface area contributed by atoms with Crippen LogP contribution in [0.3, 0.4) is 0 Å². The van der Waals surface area contributed by atoms with Crippen molar-refractivity contribution in [2.45, 2.75) is 51.3 Å². The molecule has 4 rings (SSSR count). The Morgan fingerprint density at radius 3 is 2.58 bits per heavy atom. The summed E-state index contributed by atoms with van der Waals surface area (Å²) in [5, 5.41) is 10.1. The highest BCUT2D eigenvalue weighted by atomic mass is 19.4. The van der Waals surface area contributed by atoms with Gasteiger partial charge in [-0.1, -0.05) is 0 Å². The number of fused-ring (bicyclic) bond motifs is 1. The van der Waals surface area contributed by atoms with Gasteiger partial charge in [-0.3, -0.25) is 9.48 Å². The number of nitrogens with zero attached hydrogens (tertiary/aromatic N) is 5. The van der Waals surface area contributed by atoms with Gasteiger partial charge in [0.25, 0.3) is 12.3 Å². The maximum atomic E-state index is 13.4. The number of aryl methyl sites for hydroxylation is 2. The second kappa shape index (κ2) is 7.89. The van der Waals surface area contributed by atoms with Gasteiger partial charge in [-0.05, 0) is 38.3 Å². The molecule has 0 bridgehead atoms. The summed E-state index contributed by atoms with van der Waals surface area (Å²) in [7, 11) is 0. The Morgan fingerprint density at radius 1 is 1.23 bits per heavy atom. The lowest BCUT2D eigenvalue weighted by Gasteiger charge is -2.06. The molecule has 0 spiro atoms. The molecule has 1 aliphatic rings. The van der Waals surface area contributed by atoms with Crippen molar-refractivity contribution in [1.82, 2.24) is 29.7 Å². The summed E-state index contributed by atoms with van der Waals surface area (Å²) in [5.41, 5.74) is -0.237. The van der Waals surface area contributed by atoms with Crippen LogP contribution < -0.4 is 5.32 Å². The quantitative estimate of drug-likeness (QED) is 0.445. The van der Waals surface area contributed by atoms with Crippen LogP contribution in [0, 0.1) is 6.92 Å². The number of rotatable bonds is 7. The molecule has 0 aromatic carbocycles. The van der Waals surface area contributed by atoms with Crippen molar-refractivity contribution in [1.29, 1.82) is 0 Å². The molecule has 31 heavy (non-hydrogen) atoms. The first-order valence-corrected chi connectivity index (χ1v) is 9.72. The van der Waals surface area contributed by atoms with Crippen LogP contribution in [0.25, 0.3) is 5.65 Å². The number of halogens is 5. The van der Waals surface area contributed by atoms with E-state index in [1.165, 1.54) is 23.7 Å². The van der Waals surface area contributed by atoms with Crippen LogP contribution in [-0.2, 0) is 12.7 Å². The summed E-state index contributed by atoms with van der Waals surface area (Å²) >= 11 is 0. The van der Waals surface area contributed by atoms with Crippen molar-refractivity contribution in [2.24, 2.45) is 0 Å². The van der Waals surface area contributed by atoms with E-state index in [1.54, 1.807) is 0 Å². The molecule has 1 N–H and O–H groups in total. The lowest BCUT2D eigenvalue weighted by atomic mass is 10.2. The smallest absolute Gasteiger partial charge is 0.351 e. The molecule has 3 aromatic heterocycles. The predicted octanol–water partition coefficient (Wildman–Crippen LogP) is 3.89. The minimum Gasteiger partial charge on any atom is -0.351 e. The fourth-order valence-corrected chi connectivity index (χ4v) is 3.27. The van der Waals surface area contributed by atoms with Crippen molar-refractivity contribution in [2.75, 3.05) is 6.54 Å². The molecule has 166 valence electrons. The van der Waals surface area contributed by atoms with E-state index in [9.17, 15) is 26.7 Å². The topological polar surface area (TPSA) is 77.1 Å². The second-order valence-corrected chi connectivity index (χ2v) is 7.48. The highest BCUT2D eigenvalue weighted by Gasteiger charge is 2.34. The van der Waals surface area contributed by atoms with E-state index < -0.39 is 24.2 Å². The Morgan fingerprint density at radius 2 is 1.97 bits per heavy atom. The fraction of sp³-hybridized carbons (Fsp3) is 0.474. The van der Waals surface area contributed by atoms with Gasteiger partial charge in [0, 0.05) is 36.5 Å². The Bertz CT molecular complexity index is 1120. The van der Waals surface area contributed by atoms with Crippen molar-refractivity contribution in [3.05, 3.63) is 46.7 Å². The third-order valence-electron chi connectivity index (χ3n) is 5.03. The normalized spacial score (nSPS) is 14.5. The molecule has 0 atom stereocenters. The third-order valence-corrected chi connectivity index (χ3v) is 5.03. The van der Waals surface area contributed by atoms with E-state index in [2.05, 4.69) is 20.5 Å². The highest BCUT2D eigenvalue weighted by molar-refractivity contribution is 5.93. The average molecular weight is 442 g/mol. The van der Waals surface area contributed by atoms with Crippen molar-refractivity contribution < 1.29 is 26.7 Å². The number of nitrogens with one attached hydrogen (secondary N) is 1. The van der Waals surface area contributed by atoms with E-state index in [1.807, 2.05) is 0 Å². The largest absolute Gasteiger partial charge is 0.435 e. The van der Waals surface area contributed by atoms with Crippen LogP contribution in [-0.4, -0.2) is 36.8 Å². The number of alkyl halides is 5. The maximum Gasteiger partial charge on any atom is 0.435 e. The Labute approximate surface area is 173 Å². The van der Waals surface area contributed by atoms with Crippen LogP contribution >= 0.6 is 0 Å². The van der Waals surface area contributed by atoms with Crippen molar-refractivity contribution in [3.63, 3.8) is 0 Å². The molecule has 0 aliphatic heterocycles. The minimum atomic E-state index is -4.52. The molecule has 3 heterocycles. The molecule has 3 aromatic rings. The molecule has 1 fully saturated rings. The van der Waals surface area contributed by atoms with Gasteiger partial charge < -0.3 is 5.32 Å². The number of carbonyl (C=O) groups excluding carboxylic acids is 1. The van der Waals surface area contributed by atoms with Crippen LogP contribution in [0.1, 0.15) is 64.9 Å². The molecule has 0 saturated heterocycles. The molecule has 0 unspecified atom stereocenters. The zero-order chi connectivity index (χ0) is 22.3. The first-order chi connectivity index (χ1) is 14.6. The van der Waals surface area contributed by atoms with E-state index in [0.29, 0.717) is 17.8 Å². The first-order valence-electron chi connectivity index (χ1n) is 9.72. The van der Waals surface area contributed by atoms with Crippen LogP contribution in [0.2, 0.25) is 0 Å².